The summed E-state index contributed by atoms with van der Waals surface area (Å²) in [5.74, 6) is 1.59. The van der Waals surface area contributed by atoms with Gasteiger partial charge in [-0.2, -0.15) is 0 Å². The van der Waals surface area contributed by atoms with Crippen molar-refractivity contribution in [2.75, 3.05) is 33.4 Å². The van der Waals surface area contributed by atoms with E-state index >= 15 is 0 Å². The first-order chi connectivity index (χ1) is 9.19. The summed E-state index contributed by atoms with van der Waals surface area (Å²) in [6, 6.07) is 7.74. The zero-order chi connectivity index (χ0) is 13.7. The zero-order valence-electron chi connectivity index (χ0n) is 12.0. The number of morpholine rings is 1. The van der Waals surface area contributed by atoms with Gasteiger partial charge in [-0.05, 0) is 26.0 Å². The molecule has 1 saturated heterocycles. The SMILES string of the molecule is COc1ccccc1OCCN1CC(C)OC(C)C1. The van der Waals surface area contributed by atoms with Gasteiger partial charge >= 0.3 is 0 Å². The second-order valence-corrected chi connectivity index (χ2v) is 5.02. The van der Waals surface area contributed by atoms with Crippen molar-refractivity contribution < 1.29 is 14.2 Å². The topological polar surface area (TPSA) is 30.9 Å². The lowest BCUT2D eigenvalue weighted by atomic mass is 10.2. The summed E-state index contributed by atoms with van der Waals surface area (Å²) >= 11 is 0. The number of para-hydroxylation sites is 2. The number of rotatable bonds is 5. The normalized spacial score (nSPS) is 24.2. The minimum Gasteiger partial charge on any atom is -0.493 e. The van der Waals surface area contributed by atoms with E-state index in [4.69, 9.17) is 14.2 Å². The maximum absolute atomic E-state index is 5.79. The maximum Gasteiger partial charge on any atom is 0.161 e. The summed E-state index contributed by atoms with van der Waals surface area (Å²) in [6.07, 6.45) is 0.602. The highest BCUT2D eigenvalue weighted by Crippen LogP contribution is 2.25. The lowest BCUT2D eigenvalue weighted by Crippen LogP contribution is -2.46. The molecule has 1 aromatic carbocycles. The molecule has 19 heavy (non-hydrogen) atoms. The molecule has 0 saturated carbocycles. The molecule has 106 valence electrons. The second-order valence-electron chi connectivity index (χ2n) is 5.02. The van der Waals surface area contributed by atoms with Gasteiger partial charge in [-0.3, -0.25) is 4.90 Å². The average molecular weight is 265 g/mol. The van der Waals surface area contributed by atoms with Crippen LogP contribution in [-0.2, 0) is 4.74 Å². The van der Waals surface area contributed by atoms with E-state index in [1.54, 1.807) is 7.11 Å². The highest BCUT2D eigenvalue weighted by molar-refractivity contribution is 5.39. The number of hydrogen-bond donors (Lipinski definition) is 0. The van der Waals surface area contributed by atoms with E-state index < -0.39 is 0 Å². The van der Waals surface area contributed by atoms with Crippen molar-refractivity contribution in [2.24, 2.45) is 0 Å². The third kappa shape index (κ3) is 4.11. The van der Waals surface area contributed by atoms with Crippen LogP contribution in [0.25, 0.3) is 0 Å². The molecule has 1 heterocycles. The number of benzene rings is 1. The van der Waals surface area contributed by atoms with Crippen LogP contribution in [-0.4, -0.2) is 50.5 Å². The fraction of sp³-hybridized carbons (Fsp3) is 0.600. The number of hydrogen-bond acceptors (Lipinski definition) is 4. The Balaban J connectivity index is 1.80. The second kappa shape index (κ2) is 6.78. The molecule has 0 radical (unpaired) electrons. The molecule has 0 N–H and O–H groups in total. The molecule has 1 fully saturated rings. The van der Waals surface area contributed by atoms with Crippen LogP contribution < -0.4 is 9.47 Å². The van der Waals surface area contributed by atoms with E-state index in [2.05, 4.69) is 18.7 Å². The highest BCUT2D eigenvalue weighted by atomic mass is 16.5. The molecule has 4 nitrogen and oxygen atoms in total. The van der Waals surface area contributed by atoms with Gasteiger partial charge in [0.1, 0.15) is 6.61 Å². The van der Waals surface area contributed by atoms with E-state index in [-0.39, 0.29) is 0 Å². The first-order valence-electron chi connectivity index (χ1n) is 6.82. The maximum atomic E-state index is 5.79. The van der Waals surface area contributed by atoms with Crippen LogP contribution in [0.5, 0.6) is 11.5 Å². The summed E-state index contributed by atoms with van der Waals surface area (Å²) in [5.41, 5.74) is 0. The van der Waals surface area contributed by atoms with Crippen molar-refractivity contribution in [3.63, 3.8) is 0 Å². The van der Waals surface area contributed by atoms with E-state index in [1.807, 2.05) is 24.3 Å². The predicted molar refractivity (Wildman–Crippen MR) is 74.9 cm³/mol. The summed E-state index contributed by atoms with van der Waals surface area (Å²) in [5, 5.41) is 0. The lowest BCUT2D eigenvalue weighted by molar-refractivity contribution is -0.0699. The summed E-state index contributed by atoms with van der Waals surface area (Å²) in [4.78, 5) is 2.38. The summed E-state index contributed by atoms with van der Waals surface area (Å²) in [6.45, 7) is 7.75. The van der Waals surface area contributed by atoms with Gasteiger partial charge in [0.05, 0.1) is 19.3 Å². The highest BCUT2D eigenvalue weighted by Gasteiger charge is 2.21. The van der Waals surface area contributed by atoms with Crippen LogP contribution in [0.3, 0.4) is 0 Å². The third-order valence-corrected chi connectivity index (χ3v) is 3.23. The first kappa shape index (κ1) is 14.2. The fourth-order valence-corrected chi connectivity index (χ4v) is 2.49. The molecule has 0 aliphatic carbocycles. The average Bonchev–Trinajstić information content (AvgIpc) is 2.38. The van der Waals surface area contributed by atoms with Gasteiger partial charge in [0, 0.05) is 19.6 Å². The van der Waals surface area contributed by atoms with Crippen molar-refractivity contribution in [3.8, 4) is 11.5 Å². The Bertz CT molecular complexity index is 387. The molecule has 2 rings (SSSR count). The van der Waals surface area contributed by atoms with Crippen LogP contribution in [0.2, 0.25) is 0 Å². The van der Waals surface area contributed by atoms with Crippen molar-refractivity contribution in [2.45, 2.75) is 26.1 Å². The molecular weight excluding hydrogens is 242 g/mol. The molecular formula is C15H23NO3. The Morgan fingerprint density at radius 1 is 1.16 bits per heavy atom. The molecule has 4 heteroatoms. The van der Waals surface area contributed by atoms with Gasteiger partial charge in [-0.15, -0.1) is 0 Å². The van der Waals surface area contributed by atoms with Crippen molar-refractivity contribution in [1.29, 1.82) is 0 Å². The molecule has 1 aliphatic heterocycles. The minimum absolute atomic E-state index is 0.301. The predicted octanol–water partition coefficient (Wildman–Crippen LogP) is 2.18. The Morgan fingerprint density at radius 3 is 2.42 bits per heavy atom. The van der Waals surface area contributed by atoms with Crippen molar-refractivity contribution in [1.82, 2.24) is 4.90 Å². The Labute approximate surface area is 115 Å². The smallest absolute Gasteiger partial charge is 0.161 e. The number of nitrogens with zero attached hydrogens (tertiary/aromatic N) is 1. The third-order valence-electron chi connectivity index (χ3n) is 3.23. The molecule has 0 spiro atoms. The number of ether oxygens (including phenoxy) is 3. The van der Waals surface area contributed by atoms with Gasteiger partial charge in [0.2, 0.25) is 0 Å². The summed E-state index contributed by atoms with van der Waals surface area (Å²) in [7, 11) is 1.66. The van der Waals surface area contributed by atoms with E-state index in [0.717, 1.165) is 31.1 Å². The van der Waals surface area contributed by atoms with Crippen molar-refractivity contribution >= 4 is 0 Å². The Hall–Kier alpha value is -1.26. The fourth-order valence-electron chi connectivity index (χ4n) is 2.49. The molecule has 0 bridgehead atoms. The molecule has 1 aliphatic rings. The van der Waals surface area contributed by atoms with E-state index in [9.17, 15) is 0 Å². The molecule has 1 aromatic rings. The Morgan fingerprint density at radius 2 is 1.79 bits per heavy atom. The van der Waals surface area contributed by atoms with Crippen LogP contribution in [0.4, 0.5) is 0 Å². The van der Waals surface area contributed by atoms with Crippen LogP contribution in [0.15, 0.2) is 24.3 Å². The Kier molecular flexibility index (Phi) is 5.05. The standard InChI is InChI=1S/C15H23NO3/c1-12-10-16(11-13(2)19-12)8-9-18-15-7-5-4-6-14(15)17-3/h4-7,12-13H,8-11H2,1-3H3. The number of methoxy groups -OCH3 is 1. The molecule has 0 aromatic heterocycles. The summed E-state index contributed by atoms with van der Waals surface area (Å²) < 4.78 is 16.8. The van der Waals surface area contributed by atoms with Crippen LogP contribution in [0, 0.1) is 0 Å². The molecule has 2 unspecified atom stereocenters. The van der Waals surface area contributed by atoms with Gasteiger partial charge in [0.25, 0.3) is 0 Å². The zero-order valence-corrected chi connectivity index (χ0v) is 12.0. The van der Waals surface area contributed by atoms with Gasteiger partial charge in [-0.25, -0.2) is 0 Å². The van der Waals surface area contributed by atoms with E-state index in [0.29, 0.717) is 18.8 Å². The van der Waals surface area contributed by atoms with Crippen LogP contribution >= 0.6 is 0 Å². The lowest BCUT2D eigenvalue weighted by Gasteiger charge is -2.35. The van der Waals surface area contributed by atoms with Crippen molar-refractivity contribution in [3.05, 3.63) is 24.3 Å². The monoisotopic (exact) mass is 265 g/mol. The van der Waals surface area contributed by atoms with E-state index in [1.165, 1.54) is 0 Å². The van der Waals surface area contributed by atoms with Gasteiger partial charge < -0.3 is 14.2 Å². The largest absolute Gasteiger partial charge is 0.493 e. The van der Waals surface area contributed by atoms with Crippen LogP contribution in [0.1, 0.15) is 13.8 Å². The molecule has 0 amide bonds. The molecule has 2 atom stereocenters. The minimum atomic E-state index is 0.301. The first-order valence-corrected chi connectivity index (χ1v) is 6.82. The quantitative estimate of drug-likeness (QED) is 0.816. The van der Waals surface area contributed by atoms with Gasteiger partial charge in [0.15, 0.2) is 11.5 Å². The van der Waals surface area contributed by atoms with Gasteiger partial charge in [-0.1, -0.05) is 12.1 Å².